The van der Waals surface area contributed by atoms with Gasteiger partial charge >= 0.3 is 0 Å². The zero-order chi connectivity index (χ0) is 11.1. The van der Waals surface area contributed by atoms with Gasteiger partial charge in [0.2, 0.25) is 0 Å². The monoisotopic (exact) mass is 234 g/mol. The highest BCUT2D eigenvalue weighted by molar-refractivity contribution is 7.13. The number of hydrogen-bond acceptors (Lipinski definition) is 5. The summed E-state index contributed by atoms with van der Waals surface area (Å²) in [7, 11) is 0. The second-order valence-electron chi connectivity index (χ2n) is 3.90. The SMILES string of the molecule is NC1CC(=O)c2c(-c3cncs3)coc2C1. The number of hydrogen-bond donors (Lipinski definition) is 1. The van der Waals surface area contributed by atoms with E-state index in [1.807, 2.05) is 0 Å². The van der Waals surface area contributed by atoms with Gasteiger partial charge < -0.3 is 10.2 Å². The fourth-order valence-electron chi connectivity index (χ4n) is 2.03. The van der Waals surface area contributed by atoms with Crippen LogP contribution in [0.5, 0.6) is 0 Å². The molecule has 0 bridgehead atoms. The molecule has 2 N–H and O–H groups in total. The van der Waals surface area contributed by atoms with Crippen molar-refractivity contribution in [3.8, 4) is 10.4 Å². The molecule has 2 heterocycles. The molecule has 0 aliphatic heterocycles. The van der Waals surface area contributed by atoms with Crippen LogP contribution in [0, 0.1) is 0 Å². The summed E-state index contributed by atoms with van der Waals surface area (Å²) < 4.78 is 5.43. The van der Waals surface area contributed by atoms with E-state index in [9.17, 15) is 4.79 Å². The lowest BCUT2D eigenvalue weighted by Crippen LogP contribution is -2.31. The van der Waals surface area contributed by atoms with E-state index in [0.29, 0.717) is 24.2 Å². The topological polar surface area (TPSA) is 69.1 Å². The van der Waals surface area contributed by atoms with Gasteiger partial charge in [0.1, 0.15) is 12.0 Å². The normalized spacial score (nSPS) is 19.8. The summed E-state index contributed by atoms with van der Waals surface area (Å²) >= 11 is 1.50. The van der Waals surface area contributed by atoms with E-state index in [1.165, 1.54) is 11.3 Å². The average Bonchev–Trinajstić information content (AvgIpc) is 2.82. The Labute approximate surface area is 96.1 Å². The van der Waals surface area contributed by atoms with Crippen LogP contribution < -0.4 is 5.73 Å². The first kappa shape index (κ1) is 9.74. The highest BCUT2D eigenvalue weighted by Crippen LogP contribution is 2.34. The minimum atomic E-state index is -0.111. The van der Waals surface area contributed by atoms with Crippen molar-refractivity contribution in [2.75, 3.05) is 0 Å². The lowest BCUT2D eigenvalue weighted by Gasteiger charge is -2.16. The van der Waals surface area contributed by atoms with Crippen molar-refractivity contribution in [2.24, 2.45) is 5.73 Å². The predicted octanol–water partition coefficient (Wildman–Crippen LogP) is 1.86. The van der Waals surface area contributed by atoms with Crippen LogP contribution in [-0.2, 0) is 6.42 Å². The van der Waals surface area contributed by atoms with Gasteiger partial charge in [0, 0.05) is 30.6 Å². The van der Waals surface area contributed by atoms with Crippen LogP contribution in [0.3, 0.4) is 0 Å². The smallest absolute Gasteiger partial charge is 0.168 e. The van der Waals surface area contributed by atoms with Gasteiger partial charge in [-0.25, -0.2) is 0 Å². The van der Waals surface area contributed by atoms with Crippen LogP contribution in [0.25, 0.3) is 10.4 Å². The molecule has 4 nitrogen and oxygen atoms in total. The summed E-state index contributed by atoms with van der Waals surface area (Å²) in [6, 6.07) is -0.111. The first-order valence-corrected chi connectivity index (χ1v) is 5.91. The van der Waals surface area contributed by atoms with Crippen LogP contribution >= 0.6 is 11.3 Å². The highest BCUT2D eigenvalue weighted by Gasteiger charge is 2.29. The Bertz CT molecular complexity index is 530. The third-order valence-electron chi connectivity index (χ3n) is 2.74. The second-order valence-corrected chi connectivity index (χ2v) is 4.79. The van der Waals surface area contributed by atoms with Crippen molar-refractivity contribution in [2.45, 2.75) is 18.9 Å². The van der Waals surface area contributed by atoms with E-state index >= 15 is 0 Å². The Morgan fingerprint density at radius 3 is 3.12 bits per heavy atom. The maximum Gasteiger partial charge on any atom is 0.168 e. The molecule has 1 unspecified atom stereocenters. The molecule has 0 aromatic carbocycles. The molecule has 0 saturated carbocycles. The Balaban J connectivity index is 2.14. The van der Waals surface area contributed by atoms with Gasteiger partial charge in [-0.05, 0) is 0 Å². The molecule has 0 fully saturated rings. The number of nitrogens with two attached hydrogens (primary N) is 1. The summed E-state index contributed by atoms with van der Waals surface area (Å²) in [5, 5.41) is 0. The number of rotatable bonds is 1. The van der Waals surface area contributed by atoms with Crippen LogP contribution in [0.4, 0.5) is 0 Å². The number of carbonyl (C=O) groups is 1. The first-order chi connectivity index (χ1) is 7.75. The minimum absolute atomic E-state index is 0.0749. The van der Waals surface area contributed by atoms with Gasteiger partial charge in [-0.2, -0.15) is 0 Å². The molecule has 1 atom stereocenters. The van der Waals surface area contributed by atoms with Crippen LogP contribution in [0.2, 0.25) is 0 Å². The summed E-state index contributed by atoms with van der Waals surface area (Å²) in [6.45, 7) is 0. The number of ketones is 1. The molecule has 0 amide bonds. The van der Waals surface area contributed by atoms with Crippen molar-refractivity contribution in [1.82, 2.24) is 4.98 Å². The lowest BCUT2D eigenvalue weighted by molar-refractivity contribution is 0.0962. The maximum absolute atomic E-state index is 11.9. The van der Waals surface area contributed by atoms with E-state index < -0.39 is 0 Å². The van der Waals surface area contributed by atoms with Crippen LogP contribution in [0.1, 0.15) is 22.5 Å². The number of thiazole rings is 1. The van der Waals surface area contributed by atoms with Crippen molar-refractivity contribution >= 4 is 17.1 Å². The quantitative estimate of drug-likeness (QED) is 0.817. The average molecular weight is 234 g/mol. The molecule has 2 aromatic heterocycles. The molecule has 0 spiro atoms. The van der Waals surface area contributed by atoms with Crippen molar-refractivity contribution in [3.05, 3.63) is 29.3 Å². The summed E-state index contributed by atoms with van der Waals surface area (Å²) in [6.07, 6.45) is 4.42. The van der Waals surface area contributed by atoms with E-state index in [4.69, 9.17) is 10.2 Å². The largest absolute Gasteiger partial charge is 0.468 e. The molecule has 5 heteroatoms. The summed E-state index contributed by atoms with van der Waals surface area (Å²) in [5.41, 5.74) is 9.08. The second kappa shape index (κ2) is 3.54. The number of Topliss-reactive ketones (excluding diaryl/α,β-unsaturated/α-hetero) is 1. The summed E-state index contributed by atoms with van der Waals surface area (Å²) in [5.74, 6) is 0.790. The number of aromatic nitrogens is 1. The summed E-state index contributed by atoms with van der Waals surface area (Å²) in [4.78, 5) is 16.9. The molecule has 2 aromatic rings. The molecule has 0 radical (unpaired) electrons. The van der Waals surface area contributed by atoms with Gasteiger partial charge in [-0.1, -0.05) is 0 Å². The van der Waals surface area contributed by atoms with Crippen molar-refractivity contribution < 1.29 is 9.21 Å². The molecule has 0 saturated heterocycles. The van der Waals surface area contributed by atoms with Gasteiger partial charge in [-0.3, -0.25) is 9.78 Å². The maximum atomic E-state index is 11.9. The lowest BCUT2D eigenvalue weighted by atomic mass is 9.91. The molecular formula is C11H10N2O2S. The van der Waals surface area contributed by atoms with E-state index in [0.717, 1.165) is 10.4 Å². The molecule has 82 valence electrons. The fraction of sp³-hybridized carbons (Fsp3) is 0.273. The minimum Gasteiger partial charge on any atom is -0.468 e. The van der Waals surface area contributed by atoms with Crippen molar-refractivity contribution in [3.63, 3.8) is 0 Å². The number of nitrogens with zero attached hydrogens (tertiary/aromatic N) is 1. The molecule has 1 aliphatic rings. The number of fused-ring (bicyclic) bond motifs is 1. The van der Waals surface area contributed by atoms with Gasteiger partial charge in [0.15, 0.2) is 5.78 Å². The van der Waals surface area contributed by atoms with Crippen LogP contribution in [0.15, 0.2) is 22.4 Å². The van der Waals surface area contributed by atoms with Gasteiger partial charge in [0.25, 0.3) is 0 Å². The molecule has 16 heavy (non-hydrogen) atoms. The highest BCUT2D eigenvalue weighted by atomic mass is 32.1. The standard InChI is InChI=1S/C11H10N2O2S/c12-6-1-8(14)11-7(4-15-9(11)2-6)10-3-13-5-16-10/h3-6H,1-2,12H2. The fourth-order valence-corrected chi connectivity index (χ4v) is 2.67. The van der Waals surface area contributed by atoms with Crippen molar-refractivity contribution in [1.29, 1.82) is 0 Å². The third kappa shape index (κ3) is 1.40. The molecule has 3 rings (SSSR count). The number of carbonyl (C=O) groups excluding carboxylic acids is 1. The zero-order valence-corrected chi connectivity index (χ0v) is 9.29. The predicted molar refractivity (Wildman–Crippen MR) is 60.4 cm³/mol. The molecule has 1 aliphatic carbocycles. The Morgan fingerprint density at radius 2 is 2.38 bits per heavy atom. The van der Waals surface area contributed by atoms with Crippen LogP contribution in [-0.4, -0.2) is 16.8 Å². The Kier molecular flexibility index (Phi) is 2.15. The Hall–Kier alpha value is -1.46. The zero-order valence-electron chi connectivity index (χ0n) is 8.47. The van der Waals surface area contributed by atoms with E-state index in [1.54, 1.807) is 18.0 Å². The van der Waals surface area contributed by atoms with Gasteiger partial charge in [0.05, 0.1) is 16.0 Å². The molecular weight excluding hydrogens is 224 g/mol. The third-order valence-corrected chi connectivity index (χ3v) is 3.55. The van der Waals surface area contributed by atoms with E-state index in [2.05, 4.69) is 4.98 Å². The Morgan fingerprint density at radius 1 is 1.50 bits per heavy atom. The van der Waals surface area contributed by atoms with Gasteiger partial charge in [-0.15, -0.1) is 11.3 Å². The van der Waals surface area contributed by atoms with E-state index in [-0.39, 0.29) is 11.8 Å². The number of furan rings is 1. The first-order valence-electron chi connectivity index (χ1n) is 5.03.